The van der Waals surface area contributed by atoms with E-state index in [1.54, 1.807) is 25.4 Å². The number of β-amino-alcohol motifs (C(OH)–C–C–N with tert-alkyl or cyclic N) is 1. The molecule has 13 heteroatoms. The number of benzene rings is 1. The first kappa shape index (κ1) is 27.3. The molecule has 39 heavy (non-hydrogen) atoms. The SMILES string of the molecule is COC1CN(c2ccc(-c3ccc(S(=O)(=O)N4CC[C@@H](Nc5ccc(C(F)(F)F)cn5)[C@@H](O)C4)cc3)cn2)C1. The normalized spacial score (nSPS) is 21.0. The summed E-state index contributed by atoms with van der Waals surface area (Å²) >= 11 is 0. The molecule has 0 unspecified atom stereocenters. The van der Waals surface area contributed by atoms with Crippen molar-refractivity contribution >= 4 is 21.7 Å². The quantitative estimate of drug-likeness (QED) is 0.451. The highest BCUT2D eigenvalue weighted by Gasteiger charge is 2.35. The van der Waals surface area contributed by atoms with Gasteiger partial charge in [0.15, 0.2) is 0 Å². The van der Waals surface area contributed by atoms with E-state index in [0.717, 1.165) is 36.1 Å². The summed E-state index contributed by atoms with van der Waals surface area (Å²) in [6, 6.07) is 11.9. The Morgan fingerprint density at radius 3 is 2.26 bits per heavy atom. The van der Waals surface area contributed by atoms with Crippen LogP contribution in [-0.2, 0) is 20.9 Å². The van der Waals surface area contributed by atoms with Gasteiger partial charge in [0.25, 0.3) is 0 Å². The average Bonchev–Trinajstić information content (AvgIpc) is 2.89. The van der Waals surface area contributed by atoms with Gasteiger partial charge in [-0.2, -0.15) is 17.5 Å². The number of ether oxygens (including phenoxy) is 1. The molecule has 0 saturated carbocycles. The molecule has 2 aliphatic heterocycles. The lowest BCUT2D eigenvalue weighted by Crippen LogP contribution is -2.52. The highest BCUT2D eigenvalue weighted by atomic mass is 32.2. The van der Waals surface area contributed by atoms with Gasteiger partial charge in [0.05, 0.1) is 28.7 Å². The van der Waals surface area contributed by atoms with Crippen molar-refractivity contribution in [2.45, 2.75) is 35.7 Å². The zero-order valence-electron chi connectivity index (χ0n) is 21.0. The van der Waals surface area contributed by atoms with Crippen molar-refractivity contribution < 1.29 is 31.4 Å². The van der Waals surface area contributed by atoms with Crippen LogP contribution in [0.5, 0.6) is 0 Å². The second-order valence-corrected chi connectivity index (χ2v) is 11.5. The molecule has 5 rings (SSSR count). The molecule has 2 saturated heterocycles. The fourth-order valence-electron chi connectivity index (χ4n) is 4.61. The van der Waals surface area contributed by atoms with Gasteiger partial charge in [0, 0.05) is 51.2 Å². The Bertz CT molecular complexity index is 1380. The number of aliphatic hydroxyl groups excluding tert-OH is 1. The minimum absolute atomic E-state index is 0.102. The molecule has 2 N–H and O–H groups in total. The zero-order chi connectivity index (χ0) is 27.8. The summed E-state index contributed by atoms with van der Waals surface area (Å²) in [5, 5.41) is 13.5. The Hall–Kier alpha value is -3.26. The van der Waals surface area contributed by atoms with E-state index in [4.69, 9.17) is 4.74 Å². The van der Waals surface area contributed by atoms with Gasteiger partial charge in [-0.25, -0.2) is 18.4 Å². The summed E-state index contributed by atoms with van der Waals surface area (Å²) in [6.45, 7) is 1.56. The summed E-state index contributed by atoms with van der Waals surface area (Å²) in [5.74, 6) is 1.03. The van der Waals surface area contributed by atoms with Crippen LogP contribution in [0.15, 0.2) is 65.8 Å². The smallest absolute Gasteiger partial charge is 0.390 e. The van der Waals surface area contributed by atoms with Crippen LogP contribution in [0.4, 0.5) is 24.8 Å². The number of hydrogen-bond donors (Lipinski definition) is 2. The number of nitrogens with one attached hydrogen (secondary N) is 1. The number of piperidine rings is 1. The lowest BCUT2D eigenvalue weighted by Gasteiger charge is -2.39. The number of pyridine rings is 2. The molecule has 0 bridgehead atoms. The van der Waals surface area contributed by atoms with Crippen molar-refractivity contribution in [3.63, 3.8) is 0 Å². The zero-order valence-corrected chi connectivity index (χ0v) is 21.9. The van der Waals surface area contributed by atoms with E-state index in [9.17, 15) is 26.7 Å². The molecule has 2 aliphatic rings. The van der Waals surface area contributed by atoms with E-state index in [-0.39, 0.29) is 36.3 Å². The predicted molar refractivity (Wildman–Crippen MR) is 139 cm³/mol. The largest absolute Gasteiger partial charge is 0.417 e. The third-order valence-corrected chi connectivity index (χ3v) is 8.93. The van der Waals surface area contributed by atoms with Crippen LogP contribution < -0.4 is 10.2 Å². The average molecular weight is 564 g/mol. The van der Waals surface area contributed by atoms with Crippen molar-refractivity contribution in [3.8, 4) is 11.1 Å². The highest BCUT2D eigenvalue weighted by molar-refractivity contribution is 7.89. The number of aromatic nitrogens is 2. The predicted octanol–water partition coefficient (Wildman–Crippen LogP) is 3.23. The third-order valence-electron chi connectivity index (χ3n) is 7.05. The number of methoxy groups -OCH3 is 1. The second-order valence-electron chi connectivity index (χ2n) is 9.59. The van der Waals surface area contributed by atoms with Crippen molar-refractivity contribution in [2.24, 2.45) is 0 Å². The van der Waals surface area contributed by atoms with Crippen LogP contribution in [0.2, 0.25) is 0 Å². The Balaban J connectivity index is 1.20. The lowest BCUT2D eigenvalue weighted by molar-refractivity contribution is -0.137. The topological polar surface area (TPSA) is 108 Å². The van der Waals surface area contributed by atoms with Gasteiger partial charge in [-0.15, -0.1) is 0 Å². The number of aliphatic hydroxyl groups is 1. The van der Waals surface area contributed by atoms with Crippen molar-refractivity contribution in [1.29, 1.82) is 0 Å². The van der Waals surface area contributed by atoms with Crippen LogP contribution in [0.25, 0.3) is 11.1 Å². The van der Waals surface area contributed by atoms with E-state index < -0.39 is 33.9 Å². The van der Waals surface area contributed by atoms with E-state index >= 15 is 0 Å². The molecule has 4 heterocycles. The molecule has 0 spiro atoms. The minimum atomic E-state index is -4.49. The Morgan fingerprint density at radius 1 is 0.974 bits per heavy atom. The monoisotopic (exact) mass is 563 g/mol. The highest BCUT2D eigenvalue weighted by Crippen LogP contribution is 2.30. The van der Waals surface area contributed by atoms with Crippen LogP contribution in [-0.4, -0.2) is 79.3 Å². The summed E-state index contributed by atoms with van der Waals surface area (Å²) in [5.41, 5.74) is 0.796. The van der Waals surface area contributed by atoms with Gasteiger partial charge >= 0.3 is 6.18 Å². The standard InChI is InChI=1S/C26H28F3N5O4S/c1-38-20-14-33(15-20)25-9-4-18(12-31-25)17-2-6-21(7-3-17)39(36,37)34-11-10-22(23(35)16-34)32-24-8-5-19(13-30-24)26(27,28)29/h2-9,12-13,20,22-23,35H,10-11,14-16H2,1H3,(H,30,32)/t22-,23+/m1/s1. The molecule has 208 valence electrons. The summed E-state index contributed by atoms with van der Waals surface area (Å²) in [6.07, 6.45) is -2.63. The van der Waals surface area contributed by atoms with Gasteiger partial charge in [-0.3, -0.25) is 0 Å². The van der Waals surface area contributed by atoms with Crippen molar-refractivity contribution in [3.05, 3.63) is 66.5 Å². The Morgan fingerprint density at radius 2 is 1.69 bits per heavy atom. The van der Waals surface area contributed by atoms with Crippen LogP contribution in [0.1, 0.15) is 12.0 Å². The van der Waals surface area contributed by atoms with E-state index in [1.807, 2.05) is 12.1 Å². The fourth-order valence-corrected chi connectivity index (χ4v) is 6.09. The fraction of sp³-hybridized carbons (Fsp3) is 0.385. The van der Waals surface area contributed by atoms with Crippen molar-refractivity contribution in [2.75, 3.05) is 43.5 Å². The number of anilines is 2. The first-order valence-electron chi connectivity index (χ1n) is 12.4. The molecule has 9 nitrogen and oxygen atoms in total. The van der Waals surface area contributed by atoms with E-state index in [2.05, 4.69) is 20.2 Å². The summed E-state index contributed by atoms with van der Waals surface area (Å²) < 4.78 is 71.2. The molecule has 2 atom stereocenters. The Labute approximate surface area is 224 Å². The van der Waals surface area contributed by atoms with Gasteiger partial charge in [-0.05, 0) is 48.4 Å². The summed E-state index contributed by atoms with van der Waals surface area (Å²) in [4.78, 5) is 10.5. The number of hydrogen-bond acceptors (Lipinski definition) is 8. The van der Waals surface area contributed by atoms with E-state index in [0.29, 0.717) is 6.20 Å². The maximum absolute atomic E-state index is 13.2. The molecule has 0 aliphatic carbocycles. The first-order chi connectivity index (χ1) is 18.5. The molecule has 0 radical (unpaired) electrons. The molecule has 3 aromatic rings. The molecule has 2 aromatic heterocycles. The van der Waals surface area contributed by atoms with Crippen LogP contribution in [0.3, 0.4) is 0 Å². The minimum Gasteiger partial charge on any atom is -0.390 e. The molecule has 0 amide bonds. The molecule has 2 fully saturated rings. The molecular formula is C26H28F3N5O4S. The Kier molecular flexibility index (Phi) is 7.51. The van der Waals surface area contributed by atoms with E-state index in [1.165, 1.54) is 22.5 Å². The first-order valence-corrected chi connectivity index (χ1v) is 13.8. The third kappa shape index (κ3) is 5.86. The second kappa shape index (κ2) is 10.7. The van der Waals surface area contributed by atoms with Gasteiger partial charge in [0.1, 0.15) is 11.6 Å². The van der Waals surface area contributed by atoms with Crippen LogP contribution >= 0.6 is 0 Å². The van der Waals surface area contributed by atoms with Crippen molar-refractivity contribution in [1.82, 2.24) is 14.3 Å². The van der Waals surface area contributed by atoms with Crippen LogP contribution in [0, 0.1) is 0 Å². The number of sulfonamides is 1. The van der Waals surface area contributed by atoms with Gasteiger partial charge in [-0.1, -0.05) is 12.1 Å². The lowest BCUT2D eigenvalue weighted by atomic mass is 10.0. The maximum Gasteiger partial charge on any atom is 0.417 e. The number of nitrogens with zero attached hydrogens (tertiary/aromatic N) is 4. The number of halogens is 3. The maximum atomic E-state index is 13.2. The van der Waals surface area contributed by atoms with Gasteiger partial charge in [0.2, 0.25) is 10.0 Å². The number of alkyl halides is 3. The summed E-state index contributed by atoms with van der Waals surface area (Å²) in [7, 11) is -2.17. The molecule has 1 aromatic carbocycles. The van der Waals surface area contributed by atoms with Gasteiger partial charge < -0.3 is 20.1 Å². The molecular weight excluding hydrogens is 535 g/mol. The number of rotatable bonds is 7.